The summed E-state index contributed by atoms with van der Waals surface area (Å²) in [6.45, 7) is 8.73. The van der Waals surface area contributed by atoms with E-state index in [1.165, 1.54) is 16.5 Å². The Morgan fingerprint density at radius 2 is 1.68 bits per heavy atom. The third kappa shape index (κ3) is 2.35. The molecule has 0 aliphatic heterocycles. The first-order chi connectivity index (χ1) is 8.93. The Labute approximate surface area is 115 Å². The molecule has 0 aromatic heterocycles. The minimum atomic E-state index is 0.169. The second-order valence-corrected chi connectivity index (χ2v) is 5.70. The smallest absolute Gasteiger partial charge is 0.123 e. The molecule has 0 fully saturated rings. The molecule has 2 nitrogen and oxygen atoms in total. The van der Waals surface area contributed by atoms with Crippen molar-refractivity contribution in [2.45, 2.75) is 39.5 Å². The first-order valence-electron chi connectivity index (χ1n) is 6.83. The van der Waals surface area contributed by atoms with Gasteiger partial charge in [-0.1, -0.05) is 58.0 Å². The molecule has 0 atom stereocenters. The maximum atomic E-state index is 7.97. The number of hydrogen-bond acceptors (Lipinski definition) is 1. The highest BCUT2D eigenvalue weighted by molar-refractivity contribution is 6.09. The van der Waals surface area contributed by atoms with Crippen molar-refractivity contribution in [3.8, 4) is 0 Å². The lowest BCUT2D eigenvalue weighted by atomic mass is 9.83. The lowest BCUT2D eigenvalue weighted by molar-refractivity contribution is 0.791. The summed E-state index contributed by atoms with van der Waals surface area (Å²) < 4.78 is 0. The zero-order valence-electron chi connectivity index (χ0n) is 12.1. The summed E-state index contributed by atoms with van der Waals surface area (Å²) in [5, 5.41) is 10.2. The van der Waals surface area contributed by atoms with Crippen LogP contribution in [0.5, 0.6) is 0 Å². The molecule has 0 radical (unpaired) electrons. The standard InChI is InChI=1S/C17H22N2/c1-10(2)14-9-12-7-5-6-8-13(12)16(17(18)19)15(14)11(3)4/h5-11H,1-4H3,(H3,18,19). The highest BCUT2D eigenvalue weighted by atomic mass is 14.7. The van der Waals surface area contributed by atoms with Crippen LogP contribution in [0.4, 0.5) is 0 Å². The fraction of sp³-hybridized carbons (Fsp3) is 0.353. The molecule has 100 valence electrons. The largest absolute Gasteiger partial charge is 0.384 e. The van der Waals surface area contributed by atoms with Gasteiger partial charge in [-0.15, -0.1) is 0 Å². The number of nitrogens with two attached hydrogens (primary N) is 1. The number of fused-ring (bicyclic) bond motifs is 1. The lowest BCUT2D eigenvalue weighted by Crippen LogP contribution is -2.17. The van der Waals surface area contributed by atoms with Crippen LogP contribution < -0.4 is 5.73 Å². The van der Waals surface area contributed by atoms with Gasteiger partial charge in [0.25, 0.3) is 0 Å². The Kier molecular flexibility index (Phi) is 3.61. The Morgan fingerprint density at radius 3 is 2.21 bits per heavy atom. The minimum absolute atomic E-state index is 0.169. The summed E-state index contributed by atoms with van der Waals surface area (Å²) in [5.41, 5.74) is 9.31. The SMILES string of the molecule is CC(C)c1cc2ccccc2c(C(=N)N)c1C(C)C. The molecular formula is C17H22N2. The maximum Gasteiger partial charge on any atom is 0.123 e. The van der Waals surface area contributed by atoms with Crippen molar-refractivity contribution >= 4 is 16.6 Å². The fourth-order valence-corrected chi connectivity index (χ4v) is 2.78. The third-order valence-electron chi connectivity index (χ3n) is 3.59. The molecule has 19 heavy (non-hydrogen) atoms. The topological polar surface area (TPSA) is 49.9 Å². The molecule has 0 bridgehead atoms. The molecule has 2 aromatic carbocycles. The van der Waals surface area contributed by atoms with E-state index in [0.717, 1.165) is 10.9 Å². The molecular weight excluding hydrogens is 232 g/mol. The van der Waals surface area contributed by atoms with Gasteiger partial charge in [0.1, 0.15) is 5.84 Å². The van der Waals surface area contributed by atoms with Crippen LogP contribution in [-0.2, 0) is 0 Å². The van der Waals surface area contributed by atoms with Crippen molar-refractivity contribution in [2.75, 3.05) is 0 Å². The van der Waals surface area contributed by atoms with Gasteiger partial charge in [-0.3, -0.25) is 5.41 Å². The summed E-state index contributed by atoms with van der Waals surface area (Å²) in [4.78, 5) is 0. The quantitative estimate of drug-likeness (QED) is 0.620. The molecule has 2 heteroatoms. The second-order valence-electron chi connectivity index (χ2n) is 5.70. The Bertz CT molecular complexity index is 624. The summed E-state index contributed by atoms with van der Waals surface area (Å²) in [7, 11) is 0. The van der Waals surface area contributed by atoms with Gasteiger partial charge in [-0.2, -0.15) is 0 Å². The van der Waals surface area contributed by atoms with Crippen molar-refractivity contribution in [3.05, 3.63) is 47.0 Å². The van der Waals surface area contributed by atoms with Crippen LogP contribution in [0.2, 0.25) is 0 Å². The predicted molar refractivity (Wildman–Crippen MR) is 83.1 cm³/mol. The van der Waals surface area contributed by atoms with E-state index in [2.05, 4.69) is 45.9 Å². The number of nitrogens with one attached hydrogen (secondary N) is 1. The van der Waals surface area contributed by atoms with Crippen molar-refractivity contribution in [1.82, 2.24) is 0 Å². The Morgan fingerprint density at radius 1 is 1.05 bits per heavy atom. The van der Waals surface area contributed by atoms with E-state index >= 15 is 0 Å². The summed E-state index contributed by atoms with van der Waals surface area (Å²) in [6.07, 6.45) is 0. The zero-order valence-corrected chi connectivity index (χ0v) is 12.1. The van der Waals surface area contributed by atoms with Gasteiger partial charge >= 0.3 is 0 Å². The van der Waals surface area contributed by atoms with Gasteiger partial charge in [0.15, 0.2) is 0 Å². The Balaban J connectivity index is 2.96. The molecule has 0 aliphatic carbocycles. The van der Waals surface area contributed by atoms with Gasteiger partial charge in [0.2, 0.25) is 0 Å². The molecule has 3 N–H and O–H groups in total. The van der Waals surface area contributed by atoms with E-state index in [-0.39, 0.29) is 5.84 Å². The normalized spacial score (nSPS) is 11.5. The van der Waals surface area contributed by atoms with Crippen LogP contribution in [0.3, 0.4) is 0 Å². The van der Waals surface area contributed by atoms with Crippen molar-refractivity contribution in [3.63, 3.8) is 0 Å². The highest BCUT2D eigenvalue weighted by Crippen LogP contribution is 2.34. The molecule has 0 aliphatic rings. The van der Waals surface area contributed by atoms with Crippen LogP contribution in [-0.4, -0.2) is 5.84 Å². The molecule has 0 heterocycles. The molecule has 0 spiro atoms. The lowest BCUT2D eigenvalue weighted by Gasteiger charge is -2.22. The van der Waals surface area contributed by atoms with Crippen molar-refractivity contribution in [2.24, 2.45) is 5.73 Å². The minimum Gasteiger partial charge on any atom is -0.384 e. The van der Waals surface area contributed by atoms with Gasteiger partial charge < -0.3 is 5.73 Å². The van der Waals surface area contributed by atoms with E-state index in [1.54, 1.807) is 0 Å². The Hall–Kier alpha value is -1.83. The molecule has 0 saturated carbocycles. The first kappa shape index (κ1) is 13.6. The second kappa shape index (κ2) is 5.04. The van der Waals surface area contributed by atoms with E-state index < -0.39 is 0 Å². The number of rotatable bonds is 3. The summed E-state index contributed by atoms with van der Waals surface area (Å²) in [6, 6.07) is 10.4. The number of nitrogen functional groups attached to an aromatic ring is 1. The van der Waals surface area contributed by atoms with Crippen LogP contribution in [0.25, 0.3) is 10.8 Å². The van der Waals surface area contributed by atoms with Gasteiger partial charge in [-0.25, -0.2) is 0 Å². The summed E-state index contributed by atoms with van der Waals surface area (Å²) >= 11 is 0. The van der Waals surface area contributed by atoms with Gasteiger partial charge in [-0.05, 0) is 33.7 Å². The maximum absolute atomic E-state index is 7.97. The van der Waals surface area contributed by atoms with Gasteiger partial charge in [0.05, 0.1) is 0 Å². The van der Waals surface area contributed by atoms with Crippen LogP contribution in [0.15, 0.2) is 30.3 Å². The van der Waals surface area contributed by atoms with Crippen molar-refractivity contribution in [1.29, 1.82) is 5.41 Å². The number of amidine groups is 1. The molecule has 2 rings (SSSR count). The van der Waals surface area contributed by atoms with E-state index in [0.29, 0.717) is 11.8 Å². The molecule has 0 unspecified atom stereocenters. The zero-order chi connectivity index (χ0) is 14.2. The first-order valence-corrected chi connectivity index (χ1v) is 6.83. The monoisotopic (exact) mass is 254 g/mol. The summed E-state index contributed by atoms with van der Waals surface area (Å²) in [5.74, 6) is 0.961. The average molecular weight is 254 g/mol. The van der Waals surface area contributed by atoms with Crippen LogP contribution in [0, 0.1) is 5.41 Å². The van der Waals surface area contributed by atoms with Crippen LogP contribution in [0.1, 0.15) is 56.2 Å². The molecule has 0 saturated heterocycles. The third-order valence-corrected chi connectivity index (χ3v) is 3.59. The molecule has 0 amide bonds. The predicted octanol–water partition coefficient (Wildman–Crippen LogP) is 4.37. The van der Waals surface area contributed by atoms with Crippen molar-refractivity contribution < 1.29 is 0 Å². The molecule has 2 aromatic rings. The average Bonchev–Trinajstić information content (AvgIpc) is 2.35. The van der Waals surface area contributed by atoms with Gasteiger partial charge in [0, 0.05) is 5.56 Å². The number of benzene rings is 2. The fourth-order valence-electron chi connectivity index (χ4n) is 2.78. The number of hydrogen-bond donors (Lipinski definition) is 2. The van der Waals surface area contributed by atoms with Crippen LogP contribution >= 0.6 is 0 Å². The highest BCUT2D eigenvalue weighted by Gasteiger charge is 2.19. The van der Waals surface area contributed by atoms with E-state index in [1.807, 2.05) is 12.1 Å². The van der Waals surface area contributed by atoms with E-state index in [9.17, 15) is 0 Å². The van der Waals surface area contributed by atoms with E-state index in [4.69, 9.17) is 11.1 Å².